The Kier molecular flexibility index (Phi) is 6.12. The van der Waals surface area contributed by atoms with E-state index in [9.17, 15) is 14.4 Å². The number of likely N-dealkylation sites (tertiary alicyclic amines) is 1. The number of hydrogen-bond acceptors (Lipinski definition) is 3. The first-order valence-corrected chi connectivity index (χ1v) is 8.10. The van der Waals surface area contributed by atoms with Crippen LogP contribution in [0.5, 0.6) is 0 Å². The molecule has 3 N–H and O–H groups in total. The molecule has 6 nitrogen and oxygen atoms in total. The van der Waals surface area contributed by atoms with Crippen molar-refractivity contribution < 1.29 is 14.4 Å². The lowest BCUT2D eigenvalue weighted by Crippen LogP contribution is -2.44. The average Bonchev–Trinajstić information content (AvgIpc) is 2.53. The lowest BCUT2D eigenvalue weighted by molar-refractivity contribution is -0.131. The Bertz CT molecular complexity index is 637. The Labute approximate surface area is 141 Å². The molecule has 128 valence electrons. The third-order valence-corrected chi connectivity index (χ3v) is 4.00. The van der Waals surface area contributed by atoms with Crippen LogP contribution in [-0.2, 0) is 14.4 Å². The number of carbonyl (C=O) groups is 3. The largest absolute Gasteiger partial charge is 0.370 e. The van der Waals surface area contributed by atoms with Gasteiger partial charge in [0.25, 0.3) is 0 Å². The highest BCUT2D eigenvalue weighted by atomic mass is 16.2. The second kappa shape index (κ2) is 8.29. The van der Waals surface area contributed by atoms with Gasteiger partial charge in [0.1, 0.15) is 0 Å². The quantitative estimate of drug-likeness (QED) is 0.808. The Morgan fingerprint density at radius 1 is 1.25 bits per heavy atom. The van der Waals surface area contributed by atoms with E-state index in [1.807, 2.05) is 12.1 Å². The average molecular weight is 329 g/mol. The van der Waals surface area contributed by atoms with Crippen LogP contribution in [0.1, 0.15) is 38.2 Å². The monoisotopic (exact) mass is 329 g/mol. The molecule has 1 fully saturated rings. The van der Waals surface area contributed by atoms with E-state index in [1.165, 1.54) is 13.0 Å². The third-order valence-electron chi connectivity index (χ3n) is 4.00. The molecule has 1 aliphatic heterocycles. The van der Waals surface area contributed by atoms with Gasteiger partial charge >= 0.3 is 0 Å². The van der Waals surface area contributed by atoms with Gasteiger partial charge in [-0.3, -0.25) is 14.4 Å². The smallest absolute Gasteiger partial charge is 0.246 e. The zero-order valence-corrected chi connectivity index (χ0v) is 13.8. The van der Waals surface area contributed by atoms with Crippen molar-refractivity contribution in [2.45, 2.75) is 38.6 Å². The predicted molar refractivity (Wildman–Crippen MR) is 92.9 cm³/mol. The molecule has 0 radical (unpaired) electrons. The number of hydrogen-bond donors (Lipinski definition) is 2. The predicted octanol–water partition coefficient (Wildman–Crippen LogP) is 1.91. The number of nitrogens with zero attached hydrogens (tertiary/aromatic N) is 1. The Morgan fingerprint density at radius 3 is 2.58 bits per heavy atom. The first kappa shape index (κ1) is 17.7. The van der Waals surface area contributed by atoms with E-state index in [0.29, 0.717) is 12.2 Å². The number of carbonyl (C=O) groups excluding carboxylic acids is 3. The molecule has 3 amide bonds. The SMILES string of the molecule is CC(=O)Nc1ccc(C=CC(=O)N2CCCCC2CC(N)=O)cc1. The van der Waals surface area contributed by atoms with Crippen LogP contribution in [0.2, 0.25) is 0 Å². The van der Waals surface area contributed by atoms with Crippen molar-refractivity contribution in [2.24, 2.45) is 5.73 Å². The molecule has 1 atom stereocenters. The van der Waals surface area contributed by atoms with Crippen LogP contribution in [0.15, 0.2) is 30.3 Å². The highest BCUT2D eigenvalue weighted by Crippen LogP contribution is 2.20. The summed E-state index contributed by atoms with van der Waals surface area (Å²) >= 11 is 0. The van der Waals surface area contributed by atoms with E-state index < -0.39 is 0 Å². The molecule has 1 heterocycles. The van der Waals surface area contributed by atoms with E-state index in [1.54, 1.807) is 23.1 Å². The zero-order valence-electron chi connectivity index (χ0n) is 13.8. The van der Waals surface area contributed by atoms with Crippen LogP contribution in [0.4, 0.5) is 5.69 Å². The summed E-state index contributed by atoms with van der Waals surface area (Å²) in [5.74, 6) is -0.608. The fourth-order valence-electron chi connectivity index (χ4n) is 2.88. The standard InChI is InChI=1S/C18H23N3O3/c1-13(22)20-15-8-5-14(6-9-15)7-10-18(24)21-11-3-2-4-16(21)12-17(19)23/h5-10,16H,2-4,11-12H2,1H3,(H2,19,23)(H,20,22). The van der Waals surface area contributed by atoms with Gasteiger partial charge in [0.2, 0.25) is 17.7 Å². The minimum absolute atomic E-state index is 0.101. The molecule has 24 heavy (non-hydrogen) atoms. The van der Waals surface area contributed by atoms with Gasteiger partial charge in [0.05, 0.1) is 0 Å². The zero-order chi connectivity index (χ0) is 17.5. The molecule has 1 saturated heterocycles. The molecule has 1 aliphatic rings. The first-order chi connectivity index (χ1) is 11.5. The molecular formula is C18H23N3O3. The summed E-state index contributed by atoms with van der Waals surface area (Å²) in [7, 11) is 0. The second-order valence-electron chi connectivity index (χ2n) is 5.99. The maximum atomic E-state index is 12.4. The molecule has 0 spiro atoms. The summed E-state index contributed by atoms with van der Waals surface area (Å²) in [5.41, 5.74) is 6.85. The van der Waals surface area contributed by atoms with Crippen molar-refractivity contribution in [3.63, 3.8) is 0 Å². The van der Waals surface area contributed by atoms with Gasteiger partial charge in [0.15, 0.2) is 0 Å². The Hall–Kier alpha value is -2.63. The number of nitrogens with one attached hydrogen (secondary N) is 1. The minimum atomic E-state index is -0.378. The van der Waals surface area contributed by atoms with E-state index in [0.717, 1.165) is 24.8 Å². The number of piperidine rings is 1. The Balaban J connectivity index is 2.00. The summed E-state index contributed by atoms with van der Waals surface area (Å²) in [6, 6.07) is 7.11. The fraction of sp³-hybridized carbons (Fsp3) is 0.389. The molecule has 0 aromatic heterocycles. The van der Waals surface area contributed by atoms with Gasteiger partial charge in [-0.25, -0.2) is 0 Å². The van der Waals surface area contributed by atoms with Gasteiger partial charge in [-0.1, -0.05) is 12.1 Å². The molecular weight excluding hydrogens is 306 g/mol. The molecule has 1 aromatic rings. The molecule has 2 rings (SSSR count). The highest BCUT2D eigenvalue weighted by Gasteiger charge is 2.26. The highest BCUT2D eigenvalue weighted by molar-refractivity contribution is 5.93. The van der Waals surface area contributed by atoms with Crippen molar-refractivity contribution in [2.75, 3.05) is 11.9 Å². The van der Waals surface area contributed by atoms with Crippen molar-refractivity contribution >= 4 is 29.5 Å². The summed E-state index contributed by atoms with van der Waals surface area (Å²) in [4.78, 5) is 36.3. The molecule has 0 bridgehead atoms. The van der Waals surface area contributed by atoms with Crippen LogP contribution in [0.3, 0.4) is 0 Å². The van der Waals surface area contributed by atoms with Crippen LogP contribution in [0, 0.1) is 0 Å². The molecule has 6 heteroatoms. The van der Waals surface area contributed by atoms with Crippen LogP contribution < -0.4 is 11.1 Å². The van der Waals surface area contributed by atoms with E-state index in [4.69, 9.17) is 5.73 Å². The number of primary amides is 1. The second-order valence-corrected chi connectivity index (χ2v) is 5.99. The maximum Gasteiger partial charge on any atom is 0.246 e. The summed E-state index contributed by atoms with van der Waals surface area (Å²) < 4.78 is 0. The Morgan fingerprint density at radius 2 is 1.96 bits per heavy atom. The fourth-order valence-corrected chi connectivity index (χ4v) is 2.88. The molecule has 0 aliphatic carbocycles. The third kappa shape index (κ3) is 5.22. The van der Waals surface area contributed by atoms with Crippen molar-refractivity contribution in [1.29, 1.82) is 0 Å². The van der Waals surface area contributed by atoms with Crippen molar-refractivity contribution in [3.05, 3.63) is 35.9 Å². The van der Waals surface area contributed by atoms with Crippen molar-refractivity contribution in [3.8, 4) is 0 Å². The van der Waals surface area contributed by atoms with Crippen LogP contribution >= 0.6 is 0 Å². The lowest BCUT2D eigenvalue weighted by atomic mass is 9.99. The van der Waals surface area contributed by atoms with E-state index in [2.05, 4.69) is 5.32 Å². The van der Waals surface area contributed by atoms with Gasteiger partial charge < -0.3 is 16.0 Å². The summed E-state index contributed by atoms with van der Waals surface area (Å²) in [5, 5.41) is 2.69. The van der Waals surface area contributed by atoms with Gasteiger partial charge in [0, 0.05) is 37.7 Å². The lowest BCUT2D eigenvalue weighted by Gasteiger charge is -2.34. The summed E-state index contributed by atoms with van der Waals surface area (Å²) in [6.07, 6.45) is 6.23. The molecule has 1 aromatic carbocycles. The van der Waals surface area contributed by atoms with Gasteiger partial charge in [-0.05, 0) is 43.0 Å². The normalized spacial score (nSPS) is 17.7. The molecule has 0 saturated carbocycles. The minimum Gasteiger partial charge on any atom is -0.370 e. The number of benzene rings is 1. The first-order valence-electron chi connectivity index (χ1n) is 8.10. The maximum absolute atomic E-state index is 12.4. The molecule has 1 unspecified atom stereocenters. The number of amides is 3. The number of rotatable bonds is 5. The van der Waals surface area contributed by atoms with Gasteiger partial charge in [-0.2, -0.15) is 0 Å². The van der Waals surface area contributed by atoms with Gasteiger partial charge in [-0.15, -0.1) is 0 Å². The van der Waals surface area contributed by atoms with Crippen molar-refractivity contribution in [1.82, 2.24) is 4.90 Å². The van der Waals surface area contributed by atoms with Crippen LogP contribution in [-0.4, -0.2) is 35.2 Å². The van der Waals surface area contributed by atoms with E-state index >= 15 is 0 Å². The van der Waals surface area contributed by atoms with Crippen LogP contribution in [0.25, 0.3) is 6.08 Å². The number of nitrogens with two attached hydrogens (primary N) is 1. The van der Waals surface area contributed by atoms with E-state index in [-0.39, 0.29) is 30.2 Å². The number of anilines is 1. The topological polar surface area (TPSA) is 92.5 Å². The summed E-state index contributed by atoms with van der Waals surface area (Å²) in [6.45, 7) is 2.11.